The summed E-state index contributed by atoms with van der Waals surface area (Å²) < 4.78 is 22.4. The van der Waals surface area contributed by atoms with Gasteiger partial charge in [-0.3, -0.25) is 0 Å². The molecule has 2 aliphatic carbocycles. The Labute approximate surface area is 190 Å². The van der Waals surface area contributed by atoms with Gasteiger partial charge in [0.05, 0.1) is 13.2 Å². The minimum absolute atomic E-state index is 0.103. The van der Waals surface area contributed by atoms with Gasteiger partial charge in [0.2, 0.25) is 0 Å². The monoisotopic (exact) mass is 488 g/mol. The normalized spacial score (nSPS) is 23.6. The highest BCUT2D eigenvalue weighted by Gasteiger charge is 2.45. The van der Waals surface area contributed by atoms with E-state index in [0.29, 0.717) is 12.8 Å². The number of fused-ring (bicyclic) bond motifs is 5. The number of rotatable bonds is 4. The highest BCUT2D eigenvalue weighted by atomic mass is 79.9. The molecule has 0 heterocycles. The van der Waals surface area contributed by atoms with Gasteiger partial charge in [0.25, 0.3) is 0 Å². The Bertz CT molecular complexity index is 974. The van der Waals surface area contributed by atoms with Crippen molar-refractivity contribution in [1.82, 2.24) is 0 Å². The van der Waals surface area contributed by atoms with Crippen LogP contribution in [-0.2, 0) is 18.9 Å². The first kappa shape index (κ1) is 21.7. The lowest BCUT2D eigenvalue weighted by Gasteiger charge is -2.43. The van der Waals surface area contributed by atoms with Crippen LogP contribution in [0.5, 0.6) is 0 Å². The second kappa shape index (κ2) is 9.30. The molecule has 2 aromatic carbocycles. The molecule has 31 heavy (non-hydrogen) atoms. The predicted octanol–water partition coefficient (Wildman–Crippen LogP) is 6.43. The fourth-order valence-electron chi connectivity index (χ4n) is 4.83. The molecule has 0 N–H and O–H groups in total. The van der Waals surface area contributed by atoms with Gasteiger partial charge in [0.1, 0.15) is 12.2 Å². The quantitative estimate of drug-likeness (QED) is 0.461. The fraction of sp³-hybridized carbons (Fsp3) is 0.417. The lowest BCUT2D eigenvalue weighted by atomic mass is 9.64. The van der Waals surface area contributed by atoms with Crippen molar-refractivity contribution in [2.75, 3.05) is 13.2 Å². The molecule has 7 heteroatoms. The molecular weight excluding hydrogens is 464 g/mol. The lowest BCUT2D eigenvalue weighted by molar-refractivity contribution is -0.00771. The van der Waals surface area contributed by atoms with Crippen LogP contribution in [0.1, 0.15) is 67.1 Å². The average Bonchev–Trinajstić information content (AvgIpc) is 2.74. The molecule has 0 unspecified atom stereocenters. The van der Waals surface area contributed by atoms with Crippen molar-refractivity contribution in [2.24, 2.45) is 5.92 Å². The standard InChI is InChI=1S/C24H25BrO6/c1-3-28-23(26)30-19-12-14-13-20(31-24(27)29-4-2)17-10-7-11-18(25)22(17)21(14)16-9-6-5-8-15(16)19/h5-11,14,19-21H,3-4,12-13H2,1-2H3/t14-,19-,20-,21-/m0/s1. The van der Waals surface area contributed by atoms with Crippen LogP contribution in [0.2, 0.25) is 0 Å². The molecule has 0 amide bonds. The molecule has 0 saturated heterocycles. The van der Waals surface area contributed by atoms with Gasteiger partial charge < -0.3 is 18.9 Å². The second-order valence-corrected chi connectivity index (χ2v) is 8.51. The van der Waals surface area contributed by atoms with Crippen LogP contribution in [0.25, 0.3) is 0 Å². The highest BCUT2D eigenvalue weighted by molar-refractivity contribution is 9.10. The Morgan fingerprint density at radius 2 is 1.39 bits per heavy atom. The van der Waals surface area contributed by atoms with E-state index in [1.54, 1.807) is 13.8 Å². The zero-order valence-electron chi connectivity index (χ0n) is 17.5. The highest BCUT2D eigenvalue weighted by Crippen LogP contribution is 2.55. The van der Waals surface area contributed by atoms with Crippen molar-refractivity contribution in [3.05, 3.63) is 69.2 Å². The summed E-state index contributed by atoms with van der Waals surface area (Å²) in [5.74, 6) is 0.214. The van der Waals surface area contributed by atoms with Gasteiger partial charge in [-0.15, -0.1) is 0 Å². The Kier molecular flexibility index (Phi) is 6.51. The third kappa shape index (κ3) is 4.28. The van der Waals surface area contributed by atoms with Crippen molar-refractivity contribution >= 4 is 28.2 Å². The first-order valence-electron chi connectivity index (χ1n) is 10.6. The Morgan fingerprint density at radius 1 is 0.839 bits per heavy atom. The predicted molar refractivity (Wildman–Crippen MR) is 117 cm³/mol. The molecule has 2 aromatic rings. The van der Waals surface area contributed by atoms with E-state index in [4.69, 9.17) is 18.9 Å². The van der Waals surface area contributed by atoms with Gasteiger partial charge in [-0.25, -0.2) is 9.59 Å². The fourth-order valence-corrected chi connectivity index (χ4v) is 5.45. The lowest BCUT2D eigenvalue weighted by Crippen LogP contribution is -2.34. The van der Waals surface area contributed by atoms with Crippen LogP contribution < -0.4 is 0 Å². The third-order valence-corrected chi connectivity index (χ3v) is 6.62. The number of carbonyl (C=O) groups is 2. The summed E-state index contributed by atoms with van der Waals surface area (Å²) in [6, 6.07) is 14.0. The number of benzene rings is 2. The molecular formula is C24H25BrO6. The van der Waals surface area contributed by atoms with E-state index in [1.165, 1.54) is 0 Å². The van der Waals surface area contributed by atoms with Crippen LogP contribution in [0.4, 0.5) is 9.59 Å². The molecule has 6 nitrogen and oxygen atoms in total. The molecule has 0 bridgehead atoms. The van der Waals surface area contributed by atoms with Crippen molar-refractivity contribution in [1.29, 1.82) is 0 Å². The van der Waals surface area contributed by atoms with E-state index in [2.05, 4.69) is 22.0 Å². The molecule has 4 atom stereocenters. The van der Waals surface area contributed by atoms with Crippen molar-refractivity contribution in [3.63, 3.8) is 0 Å². The van der Waals surface area contributed by atoms with Crippen LogP contribution in [0.3, 0.4) is 0 Å². The molecule has 2 aliphatic rings. The molecule has 164 valence electrons. The maximum Gasteiger partial charge on any atom is 0.508 e. The number of hydrogen-bond donors (Lipinski definition) is 0. The maximum atomic E-state index is 12.1. The van der Waals surface area contributed by atoms with Crippen LogP contribution in [0, 0.1) is 5.92 Å². The number of hydrogen-bond acceptors (Lipinski definition) is 6. The first-order chi connectivity index (χ1) is 15.0. The second-order valence-electron chi connectivity index (χ2n) is 7.66. The minimum atomic E-state index is -0.674. The van der Waals surface area contributed by atoms with Crippen LogP contribution in [-0.4, -0.2) is 25.5 Å². The van der Waals surface area contributed by atoms with Gasteiger partial charge in [-0.05, 0) is 60.9 Å². The van der Waals surface area contributed by atoms with Crippen LogP contribution >= 0.6 is 15.9 Å². The molecule has 0 aliphatic heterocycles. The molecule has 0 fully saturated rings. The van der Waals surface area contributed by atoms with E-state index in [1.807, 2.05) is 36.4 Å². The average molecular weight is 489 g/mol. The van der Waals surface area contributed by atoms with Gasteiger partial charge in [0.15, 0.2) is 0 Å². The number of halogens is 1. The summed E-state index contributed by atoms with van der Waals surface area (Å²) in [7, 11) is 0. The van der Waals surface area contributed by atoms with Gasteiger partial charge in [-0.1, -0.05) is 52.3 Å². The largest absolute Gasteiger partial charge is 0.508 e. The summed E-state index contributed by atoms with van der Waals surface area (Å²) >= 11 is 3.72. The molecule has 0 spiro atoms. The Morgan fingerprint density at radius 3 is 2.00 bits per heavy atom. The van der Waals surface area contributed by atoms with Crippen molar-refractivity contribution in [2.45, 2.75) is 44.8 Å². The molecule has 0 saturated carbocycles. The summed E-state index contributed by atoms with van der Waals surface area (Å²) in [5, 5.41) is 0. The van der Waals surface area contributed by atoms with Crippen molar-refractivity contribution < 1.29 is 28.5 Å². The Hall–Kier alpha value is -2.54. The van der Waals surface area contributed by atoms with E-state index in [-0.39, 0.29) is 25.0 Å². The summed E-state index contributed by atoms with van der Waals surface area (Å²) in [6.45, 7) is 4.01. The summed E-state index contributed by atoms with van der Waals surface area (Å²) in [6.07, 6.45) is -0.955. The zero-order chi connectivity index (χ0) is 22.0. The number of carbonyl (C=O) groups excluding carboxylic acids is 2. The van der Waals surface area contributed by atoms with Gasteiger partial charge >= 0.3 is 12.3 Å². The SMILES string of the molecule is CCOC(=O)O[C@H]1C[C@H]2C[C@H](OC(=O)OCC)c3cccc(Br)c3[C@@H]2c2ccccc21. The molecule has 0 radical (unpaired) electrons. The Balaban J connectivity index is 1.75. The zero-order valence-corrected chi connectivity index (χ0v) is 19.1. The first-order valence-corrected chi connectivity index (χ1v) is 11.4. The molecule has 0 aromatic heterocycles. The van der Waals surface area contributed by atoms with E-state index < -0.39 is 24.5 Å². The van der Waals surface area contributed by atoms with E-state index in [9.17, 15) is 9.59 Å². The smallest absolute Gasteiger partial charge is 0.435 e. The topological polar surface area (TPSA) is 71.1 Å². The minimum Gasteiger partial charge on any atom is -0.435 e. The molecule has 4 rings (SSSR count). The summed E-state index contributed by atoms with van der Waals surface area (Å²) in [5.41, 5.74) is 4.19. The van der Waals surface area contributed by atoms with Gasteiger partial charge in [0, 0.05) is 10.4 Å². The maximum absolute atomic E-state index is 12.1. The summed E-state index contributed by atoms with van der Waals surface area (Å²) in [4.78, 5) is 24.2. The number of ether oxygens (including phenoxy) is 4. The van der Waals surface area contributed by atoms with Gasteiger partial charge in [-0.2, -0.15) is 0 Å². The van der Waals surface area contributed by atoms with Crippen molar-refractivity contribution in [3.8, 4) is 0 Å². The van der Waals surface area contributed by atoms with E-state index in [0.717, 1.165) is 26.7 Å². The van der Waals surface area contributed by atoms with E-state index >= 15 is 0 Å². The van der Waals surface area contributed by atoms with Crippen LogP contribution in [0.15, 0.2) is 46.9 Å². The third-order valence-electron chi connectivity index (χ3n) is 5.93.